The second kappa shape index (κ2) is 5.83. The fourth-order valence-corrected chi connectivity index (χ4v) is 1.63. The summed E-state index contributed by atoms with van der Waals surface area (Å²) in [5, 5.41) is 11.0. The zero-order chi connectivity index (χ0) is 12.1. The number of carbonyl (C=O) groups excluding carboxylic acids is 1. The lowest BCUT2D eigenvalue weighted by molar-refractivity contribution is -0.136. The monoisotopic (exact) mass is 333 g/mol. The molecular weight excluding hydrogens is 321 g/mol. The third-order valence-corrected chi connectivity index (χ3v) is 3.22. The van der Waals surface area contributed by atoms with Crippen molar-refractivity contribution in [3.05, 3.63) is 32.9 Å². The second-order valence-corrected chi connectivity index (χ2v) is 4.53. The topological polar surface area (TPSA) is 66.4 Å². The van der Waals surface area contributed by atoms with Crippen LogP contribution in [-0.2, 0) is 4.79 Å². The van der Waals surface area contributed by atoms with Crippen molar-refractivity contribution in [1.29, 1.82) is 0 Å². The van der Waals surface area contributed by atoms with Crippen LogP contribution in [0.5, 0.6) is 0 Å². The van der Waals surface area contributed by atoms with Crippen molar-refractivity contribution in [2.75, 3.05) is 6.54 Å². The highest BCUT2D eigenvalue weighted by Crippen LogP contribution is 2.13. The first-order valence-corrected chi connectivity index (χ1v) is 5.84. The maximum atomic E-state index is 11.6. The van der Waals surface area contributed by atoms with E-state index in [9.17, 15) is 9.59 Å². The van der Waals surface area contributed by atoms with Crippen LogP contribution in [0, 0.1) is 10.5 Å². The Kier molecular flexibility index (Phi) is 4.72. The first kappa shape index (κ1) is 13.0. The van der Waals surface area contributed by atoms with Crippen LogP contribution in [0.25, 0.3) is 0 Å². The number of hydrogen-bond donors (Lipinski definition) is 2. The Balaban J connectivity index is 2.59. The maximum Gasteiger partial charge on any atom is 0.305 e. The summed E-state index contributed by atoms with van der Waals surface area (Å²) >= 11 is 2.16. The molecule has 1 rings (SSSR count). The molecule has 0 aliphatic heterocycles. The van der Waals surface area contributed by atoms with E-state index >= 15 is 0 Å². The van der Waals surface area contributed by atoms with E-state index in [1.54, 1.807) is 12.1 Å². The zero-order valence-corrected chi connectivity index (χ0v) is 10.9. The van der Waals surface area contributed by atoms with Gasteiger partial charge in [0, 0.05) is 15.7 Å². The summed E-state index contributed by atoms with van der Waals surface area (Å²) in [6.07, 6.45) is -0.0608. The van der Waals surface area contributed by atoms with Crippen LogP contribution in [0.15, 0.2) is 18.2 Å². The number of carboxylic acid groups (broad SMARTS) is 1. The van der Waals surface area contributed by atoms with Gasteiger partial charge < -0.3 is 10.4 Å². The molecule has 5 heteroatoms. The fourth-order valence-electron chi connectivity index (χ4n) is 1.12. The number of benzene rings is 1. The highest BCUT2D eigenvalue weighted by molar-refractivity contribution is 14.1. The van der Waals surface area contributed by atoms with Crippen LogP contribution in [0.2, 0.25) is 0 Å². The molecule has 0 radical (unpaired) electrons. The number of hydrogen-bond acceptors (Lipinski definition) is 2. The van der Waals surface area contributed by atoms with Crippen molar-refractivity contribution in [3.63, 3.8) is 0 Å². The molecular formula is C11H12INO3. The van der Waals surface area contributed by atoms with Gasteiger partial charge in [0.2, 0.25) is 0 Å². The zero-order valence-electron chi connectivity index (χ0n) is 8.79. The molecule has 2 N–H and O–H groups in total. The highest BCUT2D eigenvalue weighted by atomic mass is 127. The predicted molar refractivity (Wildman–Crippen MR) is 68.5 cm³/mol. The molecule has 0 aromatic heterocycles. The lowest BCUT2D eigenvalue weighted by atomic mass is 10.1. The Bertz CT molecular complexity index is 418. The number of aryl methyl sites for hydroxylation is 1. The van der Waals surface area contributed by atoms with Gasteiger partial charge in [-0.05, 0) is 47.2 Å². The molecule has 86 valence electrons. The van der Waals surface area contributed by atoms with Crippen LogP contribution in [0.4, 0.5) is 0 Å². The standard InChI is InChI=1S/C11H12INO3/c1-7-2-3-8(6-9(7)12)11(16)13-5-4-10(14)15/h2-3,6H,4-5H2,1H3,(H,13,16)(H,14,15). The van der Waals surface area contributed by atoms with Gasteiger partial charge in [0.1, 0.15) is 0 Å². The summed E-state index contributed by atoms with van der Waals surface area (Å²) in [5.74, 6) is -1.15. The average Bonchev–Trinajstić information content (AvgIpc) is 2.21. The number of carbonyl (C=O) groups is 2. The molecule has 0 aliphatic carbocycles. The fraction of sp³-hybridized carbons (Fsp3) is 0.273. The molecule has 16 heavy (non-hydrogen) atoms. The molecule has 0 atom stereocenters. The van der Waals surface area contributed by atoms with E-state index in [1.165, 1.54) is 0 Å². The smallest absolute Gasteiger partial charge is 0.305 e. The average molecular weight is 333 g/mol. The van der Waals surface area contributed by atoms with Crippen LogP contribution < -0.4 is 5.32 Å². The van der Waals surface area contributed by atoms with Gasteiger partial charge in [-0.1, -0.05) is 6.07 Å². The molecule has 0 unspecified atom stereocenters. The Morgan fingerprint density at radius 3 is 2.69 bits per heavy atom. The van der Waals surface area contributed by atoms with Gasteiger partial charge in [0.05, 0.1) is 6.42 Å². The van der Waals surface area contributed by atoms with E-state index in [2.05, 4.69) is 27.9 Å². The van der Waals surface area contributed by atoms with E-state index in [0.29, 0.717) is 5.56 Å². The Morgan fingerprint density at radius 1 is 1.44 bits per heavy atom. The van der Waals surface area contributed by atoms with Gasteiger partial charge in [0.25, 0.3) is 5.91 Å². The Labute approximate surface area is 107 Å². The van der Waals surface area contributed by atoms with Gasteiger partial charge in [-0.15, -0.1) is 0 Å². The predicted octanol–water partition coefficient (Wildman–Crippen LogP) is 1.80. The molecule has 1 aromatic rings. The summed E-state index contributed by atoms with van der Waals surface area (Å²) in [4.78, 5) is 21.8. The number of halogens is 1. The normalized spacial score (nSPS) is 9.88. The van der Waals surface area contributed by atoms with Crippen molar-refractivity contribution >= 4 is 34.5 Å². The van der Waals surface area contributed by atoms with E-state index < -0.39 is 5.97 Å². The van der Waals surface area contributed by atoms with Gasteiger partial charge in [-0.3, -0.25) is 9.59 Å². The van der Waals surface area contributed by atoms with Crippen molar-refractivity contribution < 1.29 is 14.7 Å². The number of amides is 1. The SMILES string of the molecule is Cc1ccc(C(=O)NCCC(=O)O)cc1I. The van der Waals surface area contributed by atoms with Gasteiger partial charge in [0.15, 0.2) is 0 Å². The van der Waals surface area contributed by atoms with Crippen molar-refractivity contribution in [2.45, 2.75) is 13.3 Å². The van der Waals surface area contributed by atoms with Crippen LogP contribution >= 0.6 is 22.6 Å². The van der Waals surface area contributed by atoms with Gasteiger partial charge in [-0.25, -0.2) is 0 Å². The number of carboxylic acids is 1. The van der Waals surface area contributed by atoms with E-state index in [0.717, 1.165) is 9.13 Å². The second-order valence-electron chi connectivity index (χ2n) is 3.36. The molecule has 0 fully saturated rings. The molecule has 0 saturated carbocycles. The number of rotatable bonds is 4. The van der Waals surface area contributed by atoms with Crippen molar-refractivity contribution in [2.24, 2.45) is 0 Å². The van der Waals surface area contributed by atoms with Crippen molar-refractivity contribution in [3.8, 4) is 0 Å². The third kappa shape index (κ3) is 3.80. The number of nitrogens with one attached hydrogen (secondary N) is 1. The van der Waals surface area contributed by atoms with Gasteiger partial charge >= 0.3 is 5.97 Å². The summed E-state index contributed by atoms with van der Waals surface area (Å²) in [7, 11) is 0. The molecule has 0 heterocycles. The minimum absolute atomic E-state index is 0.0608. The lowest BCUT2D eigenvalue weighted by Gasteiger charge is -2.05. The van der Waals surface area contributed by atoms with Crippen LogP contribution in [0.1, 0.15) is 22.3 Å². The summed E-state index contributed by atoms with van der Waals surface area (Å²) < 4.78 is 1.02. The third-order valence-electron chi connectivity index (χ3n) is 2.06. The Morgan fingerprint density at radius 2 is 2.12 bits per heavy atom. The highest BCUT2D eigenvalue weighted by Gasteiger charge is 2.07. The minimum Gasteiger partial charge on any atom is -0.481 e. The maximum absolute atomic E-state index is 11.6. The summed E-state index contributed by atoms with van der Waals surface area (Å²) in [6.45, 7) is 2.12. The van der Waals surface area contributed by atoms with E-state index in [1.807, 2.05) is 13.0 Å². The first-order valence-electron chi connectivity index (χ1n) is 4.77. The molecule has 4 nitrogen and oxygen atoms in total. The summed E-state index contributed by atoms with van der Waals surface area (Å²) in [5.41, 5.74) is 1.67. The van der Waals surface area contributed by atoms with Crippen LogP contribution in [-0.4, -0.2) is 23.5 Å². The first-order chi connectivity index (χ1) is 7.50. The van der Waals surface area contributed by atoms with Crippen LogP contribution in [0.3, 0.4) is 0 Å². The molecule has 0 saturated heterocycles. The van der Waals surface area contributed by atoms with Crippen molar-refractivity contribution in [1.82, 2.24) is 5.32 Å². The molecule has 0 aliphatic rings. The Hall–Kier alpha value is -1.11. The molecule has 1 amide bonds. The van der Waals surface area contributed by atoms with E-state index in [4.69, 9.17) is 5.11 Å². The molecule has 0 bridgehead atoms. The largest absolute Gasteiger partial charge is 0.481 e. The molecule has 0 spiro atoms. The minimum atomic E-state index is -0.918. The lowest BCUT2D eigenvalue weighted by Crippen LogP contribution is -2.26. The van der Waals surface area contributed by atoms with Gasteiger partial charge in [-0.2, -0.15) is 0 Å². The quantitative estimate of drug-likeness (QED) is 0.826. The van der Waals surface area contributed by atoms with E-state index in [-0.39, 0.29) is 18.9 Å². The summed E-state index contributed by atoms with van der Waals surface area (Å²) in [6, 6.07) is 5.38. The number of aliphatic carboxylic acids is 1. The molecule has 1 aromatic carbocycles.